The molecule has 1 fully saturated rings. The molecule has 4 aromatic rings. The van der Waals surface area contributed by atoms with Crippen LogP contribution in [0, 0.1) is 19.7 Å². The second kappa shape index (κ2) is 10.3. The highest BCUT2D eigenvalue weighted by Crippen LogP contribution is 2.34. The summed E-state index contributed by atoms with van der Waals surface area (Å²) < 4.78 is 60.4. The summed E-state index contributed by atoms with van der Waals surface area (Å²) in [7, 11) is 0. The molecule has 7 nitrogen and oxygen atoms in total. The summed E-state index contributed by atoms with van der Waals surface area (Å²) in [6.45, 7) is 8.00. The van der Waals surface area contributed by atoms with Crippen LogP contribution in [0.1, 0.15) is 54.0 Å². The van der Waals surface area contributed by atoms with Crippen LogP contribution in [0.2, 0.25) is 0 Å². The molecule has 4 heterocycles. The molecular formula is C27H28F4N6O. The highest BCUT2D eigenvalue weighted by Gasteiger charge is 2.31. The van der Waals surface area contributed by atoms with Gasteiger partial charge in [-0.3, -0.25) is 9.88 Å². The number of piperidine rings is 1. The van der Waals surface area contributed by atoms with Gasteiger partial charge in [0.05, 0.1) is 34.9 Å². The SMILES string of the molecule is CCOc1ccc(-n2nc3c(C4CCN(Cc5ccc(C(F)(F)F)cn5)CC4)nnc(C)c3c2C)c(F)c1. The minimum atomic E-state index is -4.39. The van der Waals surface area contributed by atoms with Gasteiger partial charge >= 0.3 is 6.18 Å². The molecule has 200 valence electrons. The van der Waals surface area contributed by atoms with Gasteiger partial charge in [0, 0.05) is 30.1 Å². The maximum Gasteiger partial charge on any atom is 0.417 e. The number of hydrogen-bond donors (Lipinski definition) is 0. The summed E-state index contributed by atoms with van der Waals surface area (Å²) in [6, 6.07) is 7.23. The highest BCUT2D eigenvalue weighted by atomic mass is 19.4. The Labute approximate surface area is 217 Å². The first-order valence-electron chi connectivity index (χ1n) is 12.6. The lowest BCUT2D eigenvalue weighted by atomic mass is 9.92. The number of halogens is 4. The minimum Gasteiger partial charge on any atom is -0.494 e. The highest BCUT2D eigenvalue weighted by molar-refractivity contribution is 5.86. The van der Waals surface area contributed by atoms with Gasteiger partial charge in [0.2, 0.25) is 0 Å². The lowest BCUT2D eigenvalue weighted by Gasteiger charge is -2.31. The lowest BCUT2D eigenvalue weighted by molar-refractivity contribution is -0.137. The largest absolute Gasteiger partial charge is 0.494 e. The number of aryl methyl sites for hydroxylation is 2. The van der Waals surface area contributed by atoms with Crippen molar-refractivity contribution in [2.24, 2.45) is 0 Å². The first kappa shape index (κ1) is 26.0. The van der Waals surface area contributed by atoms with Crippen molar-refractivity contribution < 1.29 is 22.3 Å². The summed E-state index contributed by atoms with van der Waals surface area (Å²) in [6.07, 6.45) is -1.94. The predicted octanol–water partition coefficient (Wildman–Crippen LogP) is 5.76. The standard InChI is InChI=1S/C27H28F4N6O/c1-4-38-21-7-8-23(22(28)13-21)37-17(3)24-16(2)33-34-25(26(24)35-37)18-9-11-36(12-10-18)15-20-6-5-19(14-32-20)27(29,30)31/h5-8,13-14,18H,4,9-12,15H2,1-3H3. The van der Waals surface area contributed by atoms with Crippen molar-refractivity contribution in [1.29, 1.82) is 0 Å². The molecule has 1 aromatic carbocycles. The molecular weight excluding hydrogens is 500 g/mol. The maximum atomic E-state index is 15.0. The molecule has 5 rings (SSSR count). The number of hydrogen-bond acceptors (Lipinski definition) is 6. The second-order valence-corrected chi connectivity index (χ2v) is 9.52. The van der Waals surface area contributed by atoms with Crippen molar-refractivity contribution in [3.05, 3.63) is 70.7 Å². The summed E-state index contributed by atoms with van der Waals surface area (Å²) >= 11 is 0. The Balaban J connectivity index is 1.35. The van der Waals surface area contributed by atoms with E-state index in [0.29, 0.717) is 35.8 Å². The summed E-state index contributed by atoms with van der Waals surface area (Å²) in [5.74, 6) is 0.133. The van der Waals surface area contributed by atoms with E-state index < -0.39 is 17.6 Å². The zero-order valence-electron chi connectivity index (χ0n) is 21.4. The van der Waals surface area contributed by atoms with Gasteiger partial charge in [-0.1, -0.05) is 0 Å². The van der Waals surface area contributed by atoms with Crippen molar-refractivity contribution in [1.82, 2.24) is 29.9 Å². The zero-order valence-corrected chi connectivity index (χ0v) is 21.4. The third-order valence-corrected chi connectivity index (χ3v) is 7.00. The number of fused-ring (bicyclic) bond motifs is 1. The molecule has 1 aliphatic heterocycles. The third-order valence-electron chi connectivity index (χ3n) is 7.00. The third kappa shape index (κ3) is 5.07. The molecule has 0 aliphatic carbocycles. The maximum absolute atomic E-state index is 15.0. The Morgan fingerprint density at radius 1 is 1.05 bits per heavy atom. The number of rotatable bonds is 6. The van der Waals surface area contributed by atoms with E-state index in [4.69, 9.17) is 9.84 Å². The van der Waals surface area contributed by atoms with Crippen molar-refractivity contribution in [3.63, 3.8) is 0 Å². The molecule has 0 spiro atoms. The molecule has 0 N–H and O–H groups in total. The van der Waals surface area contributed by atoms with Gasteiger partial charge in [0.15, 0.2) is 5.82 Å². The van der Waals surface area contributed by atoms with Gasteiger partial charge in [-0.15, -0.1) is 0 Å². The average Bonchev–Trinajstić information content (AvgIpc) is 3.23. The number of likely N-dealkylation sites (tertiary alicyclic amines) is 1. The summed E-state index contributed by atoms with van der Waals surface area (Å²) in [4.78, 5) is 6.17. The molecule has 0 unspecified atom stereocenters. The lowest BCUT2D eigenvalue weighted by Crippen LogP contribution is -2.33. The monoisotopic (exact) mass is 528 g/mol. The van der Waals surface area contributed by atoms with E-state index in [0.717, 1.165) is 60.7 Å². The van der Waals surface area contributed by atoms with Crippen molar-refractivity contribution >= 4 is 10.9 Å². The van der Waals surface area contributed by atoms with Gasteiger partial charge in [-0.25, -0.2) is 9.07 Å². The molecule has 38 heavy (non-hydrogen) atoms. The van der Waals surface area contributed by atoms with E-state index in [1.54, 1.807) is 16.8 Å². The van der Waals surface area contributed by atoms with Gasteiger partial charge in [-0.2, -0.15) is 28.5 Å². The predicted molar refractivity (Wildman–Crippen MR) is 134 cm³/mol. The van der Waals surface area contributed by atoms with Gasteiger partial charge in [0.1, 0.15) is 17.0 Å². The van der Waals surface area contributed by atoms with Crippen molar-refractivity contribution in [3.8, 4) is 11.4 Å². The molecule has 0 atom stereocenters. The van der Waals surface area contributed by atoms with Crippen molar-refractivity contribution in [2.45, 2.75) is 52.3 Å². The van der Waals surface area contributed by atoms with E-state index in [1.807, 2.05) is 20.8 Å². The van der Waals surface area contributed by atoms with Crippen LogP contribution in [0.3, 0.4) is 0 Å². The second-order valence-electron chi connectivity index (χ2n) is 9.52. The number of benzene rings is 1. The number of alkyl halides is 3. The van der Waals surface area contributed by atoms with Crippen LogP contribution in [0.15, 0.2) is 36.5 Å². The molecule has 0 saturated carbocycles. The fourth-order valence-electron chi connectivity index (χ4n) is 5.05. The zero-order chi connectivity index (χ0) is 27.0. The topological polar surface area (TPSA) is 69.0 Å². The van der Waals surface area contributed by atoms with E-state index in [-0.39, 0.29) is 5.92 Å². The number of aromatic nitrogens is 5. The van der Waals surface area contributed by atoms with Crippen LogP contribution in [-0.4, -0.2) is 49.6 Å². The molecule has 0 bridgehead atoms. The molecule has 0 radical (unpaired) electrons. The Morgan fingerprint density at radius 2 is 1.82 bits per heavy atom. The Hall–Kier alpha value is -3.60. The first-order valence-corrected chi connectivity index (χ1v) is 12.6. The van der Waals surface area contributed by atoms with E-state index in [9.17, 15) is 17.6 Å². The van der Waals surface area contributed by atoms with E-state index in [2.05, 4.69) is 20.1 Å². The molecule has 11 heteroatoms. The molecule has 1 aliphatic rings. The summed E-state index contributed by atoms with van der Waals surface area (Å²) in [5, 5.41) is 14.5. The smallest absolute Gasteiger partial charge is 0.417 e. The van der Waals surface area contributed by atoms with Crippen LogP contribution in [0.4, 0.5) is 17.6 Å². The Bertz CT molecular complexity index is 1440. The van der Waals surface area contributed by atoms with Gasteiger partial charge in [-0.05, 0) is 71.0 Å². The van der Waals surface area contributed by atoms with E-state index >= 15 is 0 Å². The van der Waals surface area contributed by atoms with Gasteiger partial charge < -0.3 is 4.74 Å². The van der Waals surface area contributed by atoms with Crippen LogP contribution in [-0.2, 0) is 12.7 Å². The minimum absolute atomic E-state index is 0.107. The van der Waals surface area contributed by atoms with Gasteiger partial charge in [0.25, 0.3) is 0 Å². The fourth-order valence-corrected chi connectivity index (χ4v) is 5.05. The summed E-state index contributed by atoms with van der Waals surface area (Å²) in [5.41, 5.74) is 3.18. The Morgan fingerprint density at radius 3 is 2.45 bits per heavy atom. The molecule has 0 amide bonds. The normalized spacial score (nSPS) is 15.3. The van der Waals surface area contributed by atoms with Crippen LogP contribution < -0.4 is 4.74 Å². The fraction of sp³-hybridized carbons (Fsp3) is 0.407. The quantitative estimate of drug-likeness (QED) is 0.296. The first-order chi connectivity index (χ1) is 18.2. The van der Waals surface area contributed by atoms with Crippen molar-refractivity contribution in [2.75, 3.05) is 19.7 Å². The number of nitrogens with zero attached hydrogens (tertiary/aromatic N) is 6. The number of ether oxygens (including phenoxy) is 1. The molecule has 3 aromatic heterocycles. The van der Waals surface area contributed by atoms with Crippen LogP contribution in [0.5, 0.6) is 5.75 Å². The van der Waals surface area contributed by atoms with Crippen LogP contribution in [0.25, 0.3) is 16.6 Å². The number of pyridine rings is 1. The Kier molecular flexibility index (Phi) is 7.04. The van der Waals surface area contributed by atoms with Crippen LogP contribution >= 0.6 is 0 Å². The average molecular weight is 529 g/mol. The van der Waals surface area contributed by atoms with E-state index in [1.165, 1.54) is 12.1 Å². The molecule has 1 saturated heterocycles.